The third kappa shape index (κ3) is 3.40. The molecule has 1 unspecified atom stereocenters. The number of thioether (sulfide) groups is 1. The van der Waals surface area contributed by atoms with Gasteiger partial charge < -0.3 is 5.32 Å². The molecule has 2 rings (SSSR count). The van der Waals surface area contributed by atoms with Crippen LogP contribution in [0.15, 0.2) is 29.2 Å². The van der Waals surface area contributed by atoms with Crippen molar-refractivity contribution in [3.8, 4) is 0 Å². The Kier molecular flexibility index (Phi) is 4.53. The quantitative estimate of drug-likeness (QED) is 0.866. The molecule has 0 amide bonds. The molecule has 0 saturated carbocycles. The zero-order chi connectivity index (χ0) is 13.0. The topological polar surface area (TPSA) is 58.2 Å². The van der Waals surface area contributed by atoms with E-state index in [0.717, 1.165) is 18.2 Å². The lowest BCUT2D eigenvalue weighted by Crippen LogP contribution is -2.18. The molecular weight excluding hydrogens is 268 g/mol. The number of hydrogen-bond donors (Lipinski definition) is 2. The summed E-state index contributed by atoms with van der Waals surface area (Å²) < 4.78 is 25.4. The van der Waals surface area contributed by atoms with E-state index < -0.39 is 10.0 Å². The minimum Gasteiger partial charge on any atom is -0.385 e. The number of rotatable bonds is 5. The first-order chi connectivity index (χ1) is 8.62. The first-order valence-corrected chi connectivity index (χ1v) is 8.61. The number of sulfonamides is 1. The summed E-state index contributed by atoms with van der Waals surface area (Å²) in [4.78, 5) is 0.298. The predicted octanol–water partition coefficient (Wildman–Crippen LogP) is 1.76. The lowest BCUT2D eigenvalue weighted by atomic mass is 10.1. The largest absolute Gasteiger partial charge is 0.385 e. The summed E-state index contributed by atoms with van der Waals surface area (Å²) >= 11 is 2.00. The van der Waals surface area contributed by atoms with E-state index in [-0.39, 0.29) is 0 Å². The van der Waals surface area contributed by atoms with Crippen molar-refractivity contribution in [2.24, 2.45) is 5.92 Å². The van der Waals surface area contributed by atoms with E-state index in [4.69, 9.17) is 0 Å². The average molecular weight is 286 g/mol. The Morgan fingerprint density at radius 1 is 1.33 bits per heavy atom. The molecule has 4 nitrogen and oxygen atoms in total. The maximum atomic E-state index is 11.5. The minimum atomic E-state index is -3.33. The summed E-state index contributed by atoms with van der Waals surface area (Å²) in [5.74, 6) is 3.21. The van der Waals surface area contributed by atoms with Crippen molar-refractivity contribution in [3.63, 3.8) is 0 Å². The number of benzene rings is 1. The van der Waals surface area contributed by atoms with Crippen LogP contribution in [-0.2, 0) is 10.0 Å². The van der Waals surface area contributed by atoms with Crippen LogP contribution in [0.25, 0.3) is 0 Å². The van der Waals surface area contributed by atoms with Crippen molar-refractivity contribution in [2.45, 2.75) is 11.3 Å². The molecule has 1 fully saturated rings. The molecule has 0 radical (unpaired) electrons. The monoisotopic (exact) mass is 286 g/mol. The standard InChI is InChI=1S/C12H18N2O2S2/c1-13-18(15,16)12-4-2-11(3-5-12)14-8-10-6-7-17-9-10/h2-5,10,13-14H,6-9H2,1H3. The van der Waals surface area contributed by atoms with Crippen molar-refractivity contribution in [1.82, 2.24) is 4.72 Å². The van der Waals surface area contributed by atoms with Gasteiger partial charge in [-0.25, -0.2) is 13.1 Å². The van der Waals surface area contributed by atoms with Crippen LogP contribution in [0.1, 0.15) is 6.42 Å². The number of anilines is 1. The Labute approximate surface area is 113 Å². The van der Waals surface area contributed by atoms with Crippen molar-refractivity contribution in [2.75, 3.05) is 30.4 Å². The molecule has 1 aliphatic rings. The molecular formula is C12H18N2O2S2. The Morgan fingerprint density at radius 2 is 2.06 bits per heavy atom. The summed E-state index contributed by atoms with van der Waals surface area (Å²) in [7, 11) is -1.91. The van der Waals surface area contributed by atoms with E-state index in [1.807, 2.05) is 23.9 Å². The smallest absolute Gasteiger partial charge is 0.240 e. The van der Waals surface area contributed by atoms with Gasteiger partial charge in [0, 0.05) is 12.2 Å². The van der Waals surface area contributed by atoms with Crippen molar-refractivity contribution >= 4 is 27.5 Å². The van der Waals surface area contributed by atoms with Crippen LogP contribution in [0.3, 0.4) is 0 Å². The summed E-state index contributed by atoms with van der Waals surface area (Å²) in [5, 5.41) is 3.35. The van der Waals surface area contributed by atoms with Crippen molar-refractivity contribution in [1.29, 1.82) is 0 Å². The van der Waals surface area contributed by atoms with Crippen LogP contribution in [0.2, 0.25) is 0 Å². The zero-order valence-corrected chi connectivity index (χ0v) is 12.0. The fourth-order valence-corrected chi connectivity index (χ4v) is 3.89. The molecule has 1 saturated heterocycles. The molecule has 2 N–H and O–H groups in total. The van der Waals surface area contributed by atoms with E-state index in [1.54, 1.807) is 12.1 Å². The molecule has 1 aromatic carbocycles. The Balaban J connectivity index is 1.95. The fraction of sp³-hybridized carbons (Fsp3) is 0.500. The van der Waals surface area contributed by atoms with Gasteiger partial charge in [-0.2, -0.15) is 11.8 Å². The molecule has 6 heteroatoms. The van der Waals surface area contributed by atoms with E-state index >= 15 is 0 Å². The molecule has 18 heavy (non-hydrogen) atoms. The highest BCUT2D eigenvalue weighted by Crippen LogP contribution is 2.24. The third-order valence-electron chi connectivity index (χ3n) is 3.05. The van der Waals surface area contributed by atoms with Crippen LogP contribution >= 0.6 is 11.8 Å². The lowest BCUT2D eigenvalue weighted by Gasteiger charge is -2.11. The first-order valence-electron chi connectivity index (χ1n) is 5.97. The molecule has 1 heterocycles. The Bertz CT molecular complexity index is 479. The van der Waals surface area contributed by atoms with Crippen LogP contribution in [0.4, 0.5) is 5.69 Å². The van der Waals surface area contributed by atoms with Gasteiger partial charge in [-0.1, -0.05) is 0 Å². The van der Waals surface area contributed by atoms with E-state index in [9.17, 15) is 8.42 Å². The molecule has 0 aliphatic carbocycles. The van der Waals surface area contributed by atoms with Gasteiger partial charge in [0.2, 0.25) is 10.0 Å². The highest BCUT2D eigenvalue weighted by molar-refractivity contribution is 7.99. The first kappa shape index (κ1) is 13.7. The van der Waals surface area contributed by atoms with Gasteiger partial charge in [-0.3, -0.25) is 0 Å². The summed E-state index contributed by atoms with van der Waals surface area (Å²) in [6.45, 7) is 0.963. The predicted molar refractivity (Wildman–Crippen MR) is 76.6 cm³/mol. The molecule has 1 aliphatic heterocycles. The normalized spacial score (nSPS) is 19.9. The second-order valence-electron chi connectivity index (χ2n) is 4.34. The van der Waals surface area contributed by atoms with Gasteiger partial charge in [0.05, 0.1) is 4.90 Å². The minimum absolute atomic E-state index is 0.298. The van der Waals surface area contributed by atoms with Gasteiger partial charge >= 0.3 is 0 Å². The third-order valence-corrected chi connectivity index (χ3v) is 5.71. The number of hydrogen-bond acceptors (Lipinski definition) is 4. The van der Waals surface area contributed by atoms with Crippen LogP contribution < -0.4 is 10.0 Å². The Hall–Kier alpha value is -0.720. The SMILES string of the molecule is CNS(=O)(=O)c1ccc(NCC2CCSC2)cc1. The highest BCUT2D eigenvalue weighted by Gasteiger charge is 2.15. The second-order valence-corrected chi connectivity index (χ2v) is 7.38. The van der Waals surface area contributed by atoms with E-state index in [2.05, 4.69) is 10.0 Å². The van der Waals surface area contributed by atoms with E-state index in [1.165, 1.54) is 25.0 Å². The molecule has 0 spiro atoms. The van der Waals surface area contributed by atoms with Gasteiger partial charge in [-0.05, 0) is 55.2 Å². The van der Waals surface area contributed by atoms with Crippen molar-refractivity contribution < 1.29 is 8.42 Å². The number of nitrogens with one attached hydrogen (secondary N) is 2. The van der Waals surface area contributed by atoms with Gasteiger partial charge in [0.1, 0.15) is 0 Å². The van der Waals surface area contributed by atoms with Gasteiger partial charge in [-0.15, -0.1) is 0 Å². The highest BCUT2D eigenvalue weighted by atomic mass is 32.2. The van der Waals surface area contributed by atoms with Crippen LogP contribution in [0.5, 0.6) is 0 Å². The Morgan fingerprint density at radius 3 is 2.61 bits per heavy atom. The summed E-state index contributed by atoms with van der Waals surface area (Å²) in [6, 6.07) is 6.87. The second kappa shape index (κ2) is 5.95. The molecule has 0 aromatic heterocycles. The lowest BCUT2D eigenvalue weighted by molar-refractivity contribution is 0.588. The van der Waals surface area contributed by atoms with E-state index in [0.29, 0.717) is 4.90 Å². The maximum Gasteiger partial charge on any atom is 0.240 e. The maximum absolute atomic E-state index is 11.5. The van der Waals surface area contributed by atoms with Gasteiger partial charge in [0.15, 0.2) is 0 Å². The molecule has 1 aromatic rings. The molecule has 0 bridgehead atoms. The zero-order valence-electron chi connectivity index (χ0n) is 10.3. The summed E-state index contributed by atoms with van der Waals surface area (Å²) in [6.07, 6.45) is 1.27. The average Bonchev–Trinajstić information content (AvgIpc) is 2.90. The van der Waals surface area contributed by atoms with Crippen molar-refractivity contribution in [3.05, 3.63) is 24.3 Å². The van der Waals surface area contributed by atoms with Crippen LogP contribution in [-0.4, -0.2) is 33.5 Å². The molecule has 1 atom stereocenters. The van der Waals surface area contributed by atoms with Gasteiger partial charge in [0.25, 0.3) is 0 Å². The summed E-state index contributed by atoms with van der Waals surface area (Å²) in [5.41, 5.74) is 0.974. The fourth-order valence-electron chi connectivity index (χ4n) is 1.88. The van der Waals surface area contributed by atoms with Crippen LogP contribution in [0, 0.1) is 5.92 Å². The molecule has 100 valence electrons.